The fourth-order valence-corrected chi connectivity index (χ4v) is 1.14. The third kappa shape index (κ3) is 3.42. The van der Waals surface area contributed by atoms with Gasteiger partial charge in [0.2, 0.25) is 0 Å². The average molecular weight is 212 g/mol. The van der Waals surface area contributed by atoms with Crippen LogP contribution >= 0.6 is 0 Å². The van der Waals surface area contributed by atoms with Gasteiger partial charge in [0.05, 0.1) is 19.8 Å². The summed E-state index contributed by atoms with van der Waals surface area (Å²) in [7, 11) is 1.54. The van der Waals surface area contributed by atoms with E-state index in [1.165, 1.54) is 0 Å². The van der Waals surface area contributed by atoms with Gasteiger partial charge in [-0.25, -0.2) is 0 Å². The zero-order valence-corrected chi connectivity index (χ0v) is 8.93. The maximum absolute atomic E-state index is 9.09. The molecule has 84 valence electrons. The van der Waals surface area contributed by atoms with E-state index in [2.05, 4.69) is 0 Å². The van der Waals surface area contributed by atoms with Crippen LogP contribution < -0.4 is 9.47 Å². The zero-order chi connectivity index (χ0) is 11.3. The molecule has 1 aromatic rings. The molecule has 2 N–H and O–H groups in total. The van der Waals surface area contributed by atoms with Gasteiger partial charge in [-0.2, -0.15) is 0 Å². The quantitative estimate of drug-likeness (QED) is 0.762. The molecule has 1 unspecified atom stereocenters. The van der Waals surface area contributed by atoms with Crippen LogP contribution in [0.15, 0.2) is 18.2 Å². The Kier molecular flexibility index (Phi) is 4.39. The highest BCUT2D eigenvalue weighted by Gasteiger charge is 2.06. The number of aliphatic hydroxyl groups is 2. The second-order valence-corrected chi connectivity index (χ2v) is 3.30. The van der Waals surface area contributed by atoms with E-state index in [-0.39, 0.29) is 13.2 Å². The maximum atomic E-state index is 9.09. The molecular formula is C11H16O4. The van der Waals surface area contributed by atoms with Crippen molar-refractivity contribution in [3.63, 3.8) is 0 Å². The summed E-state index contributed by atoms with van der Waals surface area (Å²) in [5, 5.41) is 18.0. The van der Waals surface area contributed by atoms with E-state index in [0.717, 1.165) is 5.56 Å². The number of aliphatic hydroxyl groups excluding tert-OH is 2. The third-order valence-electron chi connectivity index (χ3n) is 1.89. The van der Waals surface area contributed by atoms with E-state index >= 15 is 0 Å². The normalized spacial score (nSPS) is 12.3. The minimum atomic E-state index is -0.535. The molecule has 0 saturated carbocycles. The van der Waals surface area contributed by atoms with Crippen LogP contribution in [0.1, 0.15) is 12.5 Å². The summed E-state index contributed by atoms with van der Waals surface area (Å²) in [5.41, 5.74) is 0.747. The van der Waals surface area contributed by atoms with Gasteiger partial charge in [0, 0.05) is 0 Å². The summed E-state index contributed by atoms with van der Waals surface area (Å²) in [5.74, 6) is 1.12. The fourth-order valence-electron chi connectivity index (χ4n) is 1.14. The fraction of sp³-hybridized carbons (Fsp3) is 0.455. The third-order valence-corrected chi connectivity index (χ3v) is 1.89. The molecule has 1 aromatic carbocycles. The lowest BCUT2D eigenvalue weighted by atomic mass is 10.2. The summed E-state index contributed by atoms with van der Waals surface area (Å²) in [6.07, 6.45) is -0.535. The molecule has 4 heteroatoms. The van der Waals surface area contributed by atoms with E-state index in [4.69, 9.17) is 19.7 Å². The first-order valence-electron chi connectivity index (χ1n) is 4.76. The Balaban J connectivity index is 2.81. The van der Waals surface area contributed by atoms with Crippen LogP contribution in [0.5, 0.6) is 11.5 Å². The molecule has 0 aliphatic carbocycles. The molecule has 15 heavy (non-hydrogen) atoms. The first kappa shape index (κ1) is 11.8. The van der Waals surface area contributed by atoms with E-state index in [9.17, 15) is 0 Å². The molecule has 4 nitrogen and oxygen atoms in total. The molecular weight excluding hydrogens is 196 g/mol. The van der Waals surface area contributed by atoms with Gasteiger partial charge in [-0.1, -0.05) is 6.07 Å². The summed E-state index contributed by atoms with van der Waals surface area (Å²) in [4.78, 5) is 0. The van der Waals surface area contributed by atoms with Crippen molar-refractivity contribution in [3.05, 3.63) is 23.8 Å². The molecule has 1 atom stereocenters. The minimum Gasteiger partial charge on any atom is -0.493 e. The largest absolute Gasteiger partial charge is 0.493 e. The number of hydrogen-bond acceptors (Lipinski definition) is 4. The predicted octanol–water partition coefficient (Wildman–Crippen LogP) is 0.947. The molecule has 0 fully saturated rings. The minimum absolute atomic E-state index is 0.0466. The highest BCUT2D eigenvalue weighted by molar-refractivity contribution is 5.42. The molecule has 0 radical (unpaired) electrons. The Morgan fingerprint density at radius 3 is 2.60 bits per heavy atom. The molecule has 0 bridgehead atoms. The first-order chi connectivity index (χ1) is 7.17. The van der Waals surface area contributed by atoms with Gasteiger partial charge in [-0.15, -0.1) is 0 Å². The monoisotopic (exact) mass is 212 g/mol. The van der Waals surface area contributed by atoms with Crippen LogP contribution in [0.2, 0.25) is 0 Å². The maximum Gasteiger partial charge on any atom is 0.161 e. The summed E-state index contributed by atoms with van der Waals surface area (Å²) < 4.78 is 10.4. The molecule has 0 aromatic heterocycles. The number of ether oxygens (including phenoxy) is 2. The second-order valence-electron chi connectivity index (χ2n) is 3.30. The second kappa shape index (κ2) is 5.58. The molecule has 0 saturated heterocycles. The smallest absolute Gasteiger partial charge is 0.161 e. The summed E-state index contributed by atoms with van der Waals surface area (Å²) >= 11 is 0. The van der Waals surface area contributed by atoms with Gasteiger partial charge in [0.1, 0.15) is 6.61 Å². The zero-order valence-electron chi connectivity index (χ0n) is 8.93. The van der Waals surface area contributed by atoms with Gasteiger partial charge in [0.15, 0.2) is 11.5 Å². The van der Waals surface area contributed by atoms with Crippen LogP contribution in [0.3, 0.4) is 0 Å². The molecule has 0 aliphatic rings. The average Bonchev–Trinajstić information content (AvgIpc) is 2.25. The van der Waals surface area contributed by atoms with Crippen molar-refractivity contribution in [3.8, 4) is 11.5 Å². The highest BCUT2D eigenvalue weighted by Crippen LogP contribution is 2.28. The lowest BCUT2D eigenvalue weighted by molar-refractivity contribution is 0.120. The van der Waals surface area contributed by atoms with E-state index in [1.807, 2.05) is 0 Å². The Hall–Kier alpha value is -1.26. The molecule has 0 heterocycles. The Morgan fingerprint density at radius 2 is 2.07 bits per heavy atom. The van der Waals surface area contributed by atoms with Crippen LogP contribution in [-0.2, 0) is 6.61 Å². The van der Waals surface area contributed by atoms with Gasteiger partial charge in [-0.3, -0.25) is 0 Å². The van der Waals surface area contributed by atoms with Crippen molar-refractivity contribution in [2.24, 2.45) is 0 Å². The molecule has 0 amide bonds. The molecule has 0 aliphatic heterocycles. The van der Waals surface area contributed by atoms with Gasteiger partial charge in [0.25, 0.3) is 0 Å². The number of rotatable bonds is 5. The summed E-state index contributed by atoms with van der Waals surface area (Å²) in [6, 6.07) is 5.18. The van der Waals surface area contributed by atoms with Crippen LogP contribution in [-0.4, -0.2) is 30.0 Å². The summed E-state index contributed by atoms with van der Waals surface area (Å²) in [6.45, 7) is 1.79. The highest BCUT2D eigenvalue weighted by atomic mass is 16.5. The van der Waals surface area contributed by atoms with E-state index < -0.39 is 6.10 Å². The van der Waals surface area contributed by atoms with Gasteiger partial charge in [-0.05, 0) is 24.6 Å². The number of methoxy groups -OCH3 is 1. The van der Waals surface area contributed by atoms with Crippen molar-refractivity contribution < 1.29 is 19.7 Å². The topological polar surface area (TPSA) is 58.9 Å². The van der Waals surface area contributed by atoms with Crippen LogP contribution in [0.25, 0.3) is 0 Å². The Bertz CT molecular complexity index is 309. The number of hydrogen-bond donors (Lipinski definition) is 2. The van der Waals surface area contributed by atoms with Crippen molar-refractivity contribution >= 4 is 0 Å². The lowest BCUT2D eigenvalue weighted by Gasteiger charge is -2.12. The van der Waals surface area contributed by atoms with Crippen LogP contribution in [0, 0.1) is 0 Å². The molecule has 1 rings (SSSR count). The Labute approximate surface area is 89.1 Å². The SMILES string of the molecule is COc1ccc(CO)cc1OCC(C)O. The number of benzene rings is 1. The van der Waals surface area contributed by atoms with Crippen molar-refractivity contribution in [2.45, 2.75) is 19.6 Å². The molecule has 0 spiro atoms. The van der Waals surface area contributed by atoms with E-state index in [1.54, 1.807) is 32.2 Å². The van der Waals surface area contributed by atoms with Crippen molar-refractivity contribution in [1.82, 2.24) is 0 Å². The van der Waals surface area contributed by atoms with Gasteiger partial charge >= 0.3 is 0 Å². The Morgan fingerprint density at radius 1 is 1.33 bits per heavy atom. The standard InChI is InChI=1S/C11H16O4/c1-8(13)7-15-11-5-9(6-12)3-4-10(11)14-2/h3-5,8,12-13H,6-7H2,1-2H3. The van der Waals surface area contributed by atoms with Crippen molar-refractivity contribution in [2.75, 3.05) is 13.7 Å². The van der Waals surface area contributed by atoms with Crippen molar-refractivity contribution in [1.29, 1.82) is 0 Å². The lowest BCUT2D eigenvalue weighted by Crippen LogP contribution is -2.13. The van der Waals surface area contributed by atoms with Gasteiger partial charge < -0.3 is 19.7 Å². The van der Waals surface area contributed by atoms with Crippen LogP contribution in [0.4, 0.5) is 0 Å². The van der Waals surface area contributed by atoms with E-state index in [0.29, 0.717) is 11.5 Å². The first-order valence-corrected chi connectivity index (χ1v) is 4.76. The predicted molar refractivity (Wildman–Crippen MR) is 56.1 cm³/mol.